The van der Waals surface area contributed by atoms with Crippen molar-refractivity contribution >= 4 is 17.7 Å². The summed E-state index contributed by atoms with van der Waals surface area (Å²) in [4.78, 5) is 22.4. The van der Waals surface area contributed by atoms with Gasteiger partial charge in [0.2, 0.25) is 0 Å². The first-order valence-corrected chi connectivity index (χ1v) is 7.53. The highest BCUT2D eigenvalue weighted by Gasteiger charge is 2.17. The van der Waals surface area contributed by atoms with Crippen molar-refractivity contribution in [1.29, 1.82) is 5.26 Å². The molecule has 7 heteroatoms. The van der Waals surface area contributed by atoms with Crippen LogP contribution in [0.3, 0.4) is 0 Å². The molecule has 0 spiro atoms. The first-order chi connectivity index (χ1) is 11.6. The first kappa shape index (κ1) is 17.4. The highest BCUT2D eigenvalue weighted by atomic mass is 16.6. The van der Waals surface area contributed by atoms with Crippen LogP contribution in [0.25, 0.3) is 6.08 Å². The van der Waals surface area contributed by atoms with Crippen LogP contribution in [0.1, 0.15) is 18.4 Å². The number of nitro benzene ring substituents is 1. The number of nitrogens with one attached hydrogen (secondary N) is 1. The van der Waals surface area contributed by atoms with Crippen molar-refractivity contribution in [3.8, 4) is 6.07 Å². The second-order valence-electron chi connectivity index (χ2n) is 5.21. The summed E-state index contributed by atoms with van der Waals surface area (Å²) in [5.41, 5.74) is 0.294. The molecule has 0 saturated carbocycles. The molecule has 0 aromatic heterocycles. The molecular weight excluding hydrogens is 310 g/mol. The maximum atomic E-state index is 11.9. The summed E-state index contributed by atoms with van der Waals surface area (Å²) in [7, 11) is 0. The zero-order chi connectivity index (χ0) is 17.4. The maximum Gasteiger partial charge on any atom is 0.276 e. The molecule has 2 rings (SSSR count). The van der Waals surface area contributed by atoms with Crippen LogP contribution in [0.4, 0.5) is 5.69 Å². The first-order valence-electron chi connectivity index (χ1n) is 7.53. The van der Waals surface area contributed by atoms with Gasteiger partial charge in [-0.05, 0) is 31.1 Å². The number of benzene rings is 1. The SMILES string of the molecule is N#C/C(=C\C=C\c1ccccc1[N+](=O)[O-])C(=O)NC[C@H]1CCCO1. The average Bonchev–Trinajstić information content (AvgIpc) is 3.10. The van der Waals surface area contributed by atoms with Gasteiger partial charge in [-0.15, -0.1) is 0 Å². The van der Waals surface area contributed by atoms with Gasteiger partial charge in [0, 0.05) is 19.2 Å². The number of amides is 1. The zero-order valence-electron chi connectivity index (χ0n) is 13.0. The number of ether oxygens (including phenoxy) is 1. The van der Waals surface area contributed by atoms with Crippen molar-refractivity contribution in [1.82, 2.24) is 5.32 Å². The van der Waals surface area contributed by atoms with Gasteiger partial charge in [-0.3, -0.25) is 14.9 Å². The third kappa shape index (κ3) is 4.76. The van der Waals surface area contributed by atoms with Crippen LogP contribution < -0.4 is 5.32 Å². The summed E-state index contributed by atoms with van der Waals surface area (Å²) in [6, 6.07) is 8.06. The molecule has 0 bridgehead atoms. The van der Waals surface area contributed by atoms with Gasteiger partial charge in [-0.25, -0.2) is 0 Å². The van der Waals surface area contributed by atoms with Crippen LogP contribution in [0.5, 0.6) is 0 Å². The van der Waals surface area contributed by atoms with Crippen molar-refractivity contribution in [2.24, 2.45) is 0 Å². The Bertz CT molecular complexity index is 713. The van der Waals surface area contributed by atoms with Crippen LogP contribution in [-0.2, 0) is 9.53 Å². The quantitative estimate of drug-likeness (QED) is 0.284. The number of rotatable bonds is 6. The minimum Gasteiger partial charge on any atom is -0.376 e. The molecule has 1 fully saturated rings. The van der Waals surface area contributed by atoms with E-state index in [1.165, 1.54) is 24.3 Å². The fourth-order valence-electron chi connectivity index (χ4n) is 2.31. The van der Waals surface area contributed by atoms with Crippen LogP contribution in [0, 0.1) is 21.4 Å². The summed E-state index contributed by atoms with van der Waals surface area (Å²) in [5.74, 6) is -0.486. The van der Waals surface area contributed by atoms with E-state index in [1.807, 2.05) is 6.07 Å². The molecule has 1 aliphatic heterocycles. The summed E-state index contributed by atoms with van der Waals surface area (Å²) in [5, 5.41) is 22.7. The molecule has 1 amide bonds. The van der Waals surface area contributed by atoms with Gasteiger partial charge in [-0.2, -0.15) is 5.26 Å². The minimum atomic E-state index is -0.486. The van der Waals surface area contributed by atoms with Crippen LogP contribution in [0.15, 0.2) is 42.0 Å². The summed E-state index contributed by atoms with van der Waals surface area (Å²) >= 11 is 0. The van der Waals surface area contributed by atoms with E-state index < -0.39 is 10.8 Å². The molecule has 24 heavy (non-hydrogen) atoms. The smallest absolute Gasteiger partial charge is 0.276 e. The molecule has 7 nitrogen and oxygen atoms in total. The molecule has 124 valence electrons. The van der Waals surface area contributed by atoms with Gasteiger partial charge in [0.25, 0.3) is 11.6 Å². The lowest BCUT2D eigenvalue weighted by Gasteiger charge is -2.09. The predicted molar refractivity (Wildman–Crippen MR) is 87.8 cm³/mol. The third-order valence-corrected chi connectivity index (χ3v) is 3.55. The number of nitriles is 1. The third-order valence-electron chi connectivity index (χ3n) is 3.55. The number of carbonyl (C=O) groups is 1. The summed E-state index contributed by atoms with van der Waals surface area (Å²) in [6.45, 7) is 1.06. The van der Waals surface area contributed by atoms with E-state index in [0.717, 1.165) is 12.8 Å². The molecule has 1 aromatic rings. The van der Waals surface area contributed by atoms with E-state index in [9.17, 15) is 14.9 Å². The number of carbonyl (C=O) groups excluding carboxylic acids is 1. The molecule has 1 aromatic carbocycles. The van der Waals surface area contributed by atoms with Crippen molar-refractivity contribution < 1.29 is 14.5 Å². The van der Waals surface area contributed by atoms with Crippen molar-refractivity contribution in [3.63, 3.8) is 0 Å². The summed E-state index contributed by atoms with van der Waals surface area (Å²) in [6.07, 6.45) is 6.14. The Labute approximate surface area is 139 Å². The Morgan fingerprint density at radius 3 is 2.96 bits per heavy atom. The van der Waals surface area contributed by atoms with Crippen molar-refractivity contribution in [2.45, 2.75) is 18.9 Å². The maximum absolute atomic E-state index is 11.9. The Hall–Kier alpha value is -2.98. The zero-order valence-corrected chi connectivity index (χ0v) is 13.0. The van der Waals surface area contributed by atoms with E-state index in [1.54, 1.807) is 18.2 Å². The van der Waals surface area contributed by atoms with E-state index in [2.05, 4.69) is 5.32 Å². The largest absolute Gasteiger partial charge is 0.376 e. The molecule has 0 radical (unpaired) electrons. The van der Waals surface area contributed by atoms with Crippen molar-refractivity contribution in [2.75, 3.05) is 13.2 Å². The van der Waals surface area contributed by atoms with E-state index in [0.29, 0.717) is 18.7 Å². The van der Waals surface area contributed by atoms with E-state index in [4.69, 9.17) is 10.00 Å². The van der Waals surface area contributed by atoms with E-state index in [-0.39, 0.29) is 17.4 Å². The average molecular weight is 327 g/mol. The molecule has 1 N–H and O–H groups in total. The lowest BCUT2D eigenvalue weighted by molar-refractivity contribution is -0.385. The Balaban J connectivity index is 2.01. The number of hydrogen-bond acceptors (Lipinski definition) is 5. The molecular formula is C17H17N3O4. The number of nitrogens with zero attached hydrogens (tertiary/aromatic N) is 2. The lowest BCUT2D eigenvalue weighted by atomic mass is 10.1. The normalized spacial score (nSPS) is 17.6. The van der Waals surface area contributed by atoms with Gasteiger partial charge in [-0.1, -0.05) is 18.2 Å². The fourth-order valence-corrected chi connectivity index (χ4v) is 2.31. The highest BCUT2D eigenvalue weighted by Crippen LogP contribution is 2.19. The highest BCUT2D eigenvalue weighted by molar-refractivity contribution is 5.97. The number of nitro groups is 1. The molecule has 1 saturated heterocycles. The summed E-state index contributed by atoms with van der Waals surface area (Å²) < 4.78 is 5.40. The number of para-hydroxylation sites is 1. The molecule has 1 atom stereocenters. The standard InChI is InChI=1S/C17H17N3O4/c18-11-14(17(21)19-12-15-8-4-10-24-15)7-3-6-13-5-1-2-9-16(13)20(22)23/h1-3,5-7,9,15H,4,8,10,12H2,(H,19,21)/b6-3+,14-7+/t15-/m1/s1. The monoisotopic (exact) mass is 327 g/mol. The molecule has 0 aliphatic carbocycles. The van der Waals surface area contributed by atoms with Gasteiger partial charge >= 0.3 is 0 Å². The number of hydrogen-bond donors (Lipinski definition) is 1. The number of allylic oxidation sites excluding steroid dienone is 2. The second kappa shape index (κ2) is 8.60. The van der Waals surface area contributed by atoms with Gasteiger partial charge in [0.15, 0.2) is 0 Å². The minimum absolute atomic E-state index is 0.00333. The molecule has 1 heterocycles. The van der Waals surface area contributed by atoms with Crippen LogP contribution >= 0.6 is 0 Å². The van der Waals surface area contributed by atoms with Crippen LogP contribution in [0.2, 0.25) is 0 Å². The van der Waals surface area contributed by atoms with Gasteiger partial charge < -0.3 is 10.1 Å². The fraction of sp³-hybridized carbons (Fsp3) is 0.294. The lowest BCUT2D eigenvalue weighted by Crippen LogP contribution is -2.32. The Kier molecular flexibility index (Phi) is 6.23. The molecule has 1 aliphatic rings. The predicted octanol–water partition coefficient (Wildman–Crippen LogP) is 2.35. The van der Waals surface area contributed by atoms with Gasteiger partial charge in [0.05, 0.1) is 16.6 Å². The van der Waals surface area contributed by atoms with Gasteiger partial charge in [0.1, 0.15) is 11.6 Å². The van der Waals surface area contributed by atoms with Crippen molar-refractivity contribution in [3.05, 3.63) is 57.7 Å². The van der Waals surface area contributed by atoms with E-state index >= 15 is 0 Å². The van der Waals surface area contributed by atoms with Crippen LogP contribution in [-0.4, -0.2) is 30.1 Å². The Morgan fingerprint density at radius 2 is 2.29 bits per heavy atom. The molecule has 0 unspecified atom stereocenters. The topological polar surface area (TPSA) is 105 Å². The Morgan fingerprint density at radius 1 is 1.50 bits per heavy atom. The second-order valence-corrected chi connectivity index (χ2v) is 5.21.